The number of carbonyl (C=O) groups excluding carboxylic acids is 1. The van der Waals surface area contributed by atoms with Crippen LogP contribution in [-0.4, -0.2) is 73.0 Å². The zero-order valence-electron chi connectivity index (χ0n) is 18.0. The maximum atomic E-state index is 13.7. The molecule has 0 saturated heterocycles. The minimum atomic E-state index is -0.896. The van der Waals surface area contributed by atoms with E-state index in [9.17, 15) is 13.6 Å². The van der Waals surface area contributed by atoms with Crippen LogP contribution in [0.4, 0.5) is 13.6 Å². The highest BCUT2D eigenvalue weighted by molar-refractivity contribution is 5.70. The van der Waals surface area contributed by atoms with Gasteiger partial charge in [0.1, 0.15) is 5.82 Å². The van der Waals surface area contributed by atoms with Gasteiger partial charge in [-0.1, -0.05) is 6.92 Å². The summed E-state index contributed by atoms with van der Waals surface area (Å²) in [4.78, 5) is 16.0. The summed E-state index contributed by atoms with van der Waals surface area (Å²) in [5.41, 5.74) is 0. The summed E-state index contributed by atoms with van der Waals surface area (Å²) in [6.07, 6.45) is 4.88. The van der Waals surface area contributed by atoms with Gasteiger partial charge in [0, 0.05) is 32.3 Å². The van der Waals surface area contributed by atoms with Crippen molar-refractivity contribution < 1.29 is 28.2 Å². The quantitative estimate of drug-likeness (QED) is 0.543. The standard InChI is InChI=1S/C22H34F2N2O4/c1-3-26(13-14-27)12-4-5-15-29-19-9-7-18(8-10-19)25(2)22(28)30-21-11-6-17(23)16-20(21)24/h6,11,16,18-19,27H,3-5,7-10,12-15H2,1-2H3. The van der Waals surface area contributed by atoms with Crippen LogP contribution < -0.4 is 4.74 Å². The number of nitrogens with zero attached hydrogens (tertiary/aromatic N) is 2. The SMILES string of the molecule is CCN(CCO)CCCCOC1CCC(N(C)C(=O)Oc2ccc(F)cc2F)CC1. The number of benzene rings is 1. The fourth-order valence-corrected chi connectivity index (χ4v) is 3.73. The summed E-state index contributed by atoms with van der Waals surface area (Å²) in [5, 5.41) is 9.00. The lowest BCUT2D eigenvalue weighted by molar-refractivity contribution is 0.00981. The van der Waals surface area contributed by atoms with E-state index in [1.165, 1.54) is 4.90 Å². The lowest BCUT2D eigenvalue weighted by Crippen LogP contribution is -2.42. The second kappa shape index (κ2) is 12.8. The van der Waals surface area contributed by atoms with Crippen LogP contribution in [0.5, 0.6) is 5.75 Å². The smallest absolute Gasteiger partial charge is 0.407 e. The molecule has 8 heteroatoms. The lowest BCUT2D eigenvalue weighted by Gasteiger charge is -2.34. The van der Waals surface area contributed by atoms with E-state index >= 15 is 0 Å². The second-order valence-electron chi connectivity index (χ2n) is 7.72. The fraction of sp³-hybridized carbons (Fsp3) is 0.682. The first-order valence-electron chi connectivity index (χ1n) is 10.8. The Bertz CT molecular complexity index is 654. The molecule has 0 aliphatic heterocycles. The van der Waals surface area contributed by atoms with Gasteiger partial charge in [-0.05, 0) is 63.7 Å². The molecule has 1 amide bonds. The molecule has 6 nitrogen and oxygen atoms in total. The molecule has 1 fully saturated rings. The van der Waals surface area contributed by atoms with Crippen LogP contribution in [0, 0.1) is 11.6 Å². The van der Waals surface area contributed by atoms with Crippen molar-refractivity contribution in [2.24, 2.45) is 0 Å². The molecule has 2 rings (SSSR count). The van der Waals surface area contributed by atoms with E-state index < -0.39 is 17.7 Å². The van der Waals surface area contributed by atoms with E-state index in [0.717, 1.165) is 63.7 Å². The molecule has 170 valence electrons. The Morgan fingerprint density at radius 3 is 2.53 bits per heavy atom. The molecule has 0 atom stereocenters. The number of aliphatic hydroxyl groups is 1. The topological polar surface area (TPSA) is 62.2 Å². The number of hydrogen-bond acceptors (Lipinski definition) is 5. The minimum absolute atomic E-state index is 0.0115. The highest BCUT2D eigenvalue weighted by Gasteiger charge is 2.28. The number of hydrogen-bond donors (Lipinski definition) is 1. The molecule has 0 aromatic heterocycles. The van der Waals surface area contributed by atoms with Crippen LogP contribution in [0.1, 0.15) is 45.4 Å². The molecule has 0 unspecified atom stereocenters. The maximum absolute atomic E-state index is 13.7. The molecule has 1 N–H and O–H groups in total. The molecule has 1 aromatic carbocycles. The van der Waals surface area contributed by atoms with Crippen LogP contribution >= 0.6 is 0 Å². The van der Waals surface area contributed by atoms with Gasteiger partial charge in [0.2, 0.25) is 0 Å². The van der Waals surface area contributed by atoms with Gasteiger partial charge in [-0.3, -0.25) is 0 Å². The number of likely N-dealkylation sites (N-methyl/N-ethyl adjacent to an activating group) is 1. The van der Waals surface area contributed by atoms with E-state index in [1.807, 2.05) is 0 Å². The first-order chi connectivity index (χ1) is 14.4. The predicted molar refractivity (Wildman–Crippen MR) is 111 cm³/mol. The summed E-state index contributed by atoms with van der Waals surface area (Å²) in [6, 6.07) is 2.88. The first kappa shape index (κ1) is 24.5. The summed E-state index contributed by atoms with van der Waals surface area (Å²) in [6.45, 7) is 5.62. The molecule has 1 aliphatic carbocycles. The predicted octanol–water partition coefficient (Wildman–Crippen LogP) is 3.82. The third-order valence-electron chi connectivity index (χ3n) is 5.66. The van der Waals surface area contributed by atoms with Gasteiger partial charge in [0.05, 0.1) is 12.7 Å². The molecule has 0 bridgehead atoms. The summed E-state index contributed by atoms with van der Waals surface area (Å²) in [7, 11) is 1.64. The van der Waals surface area contributed by atoms with E-state index in [1.54, 1.807) is 7.05 Å². The normalized spacial score (nSPS) is 19.1. The van der Waals surface area contributed by atoms with Crippen molar-refractivity contribution in [2.45, 2.75) is 57.6 Å². The van der Waals surface area contributed by atoms with Crippen LogP contribution in [-0.2, 0) is 4.74 Å². The number of ether oxygens (including phenoxy) is 2. The minimum Gasteiger partial charge on any atom is -0.407 e. The Morgan fingerprint density at radius 2 is 1.90 bits per heavy atom. The Labute approximate surface area is 177 Å². The number of amides is 1. The van der Waals surface area contributed by atoms with Gasteiger partial charge in [0.25, 0.3) is 0 Å². The van der Waals surface area contributed by atoms with Crippen molar-refractivity contribution in [3.8, 4) is 5.75 Å². The Hall–Kier alpha value is -1.77. The number of aliphatic hydroxyl groups excluding tert-OH is 1. The summed E-state index contributed by atoms with van der Waals surface area (Å²) >= 11 is 0. The van der Waals surface area contributed by atoms with Gasteiger partial charge in [0.15, 0.2) is 11.6 Å². The molecule has 1 aliphatic rings. The highest BCUT2D eigenvalue weighted by atomic mass is 19.1. The second-order valence-corrected chi connectivity index (χ2v) is 7.72. The zero-order chi connectivity index (χ0) is 21.9. The van der Waals surface area contributed by atoms with Crippen molar-refractivity contribution in [3.63, 3.8) is 0 Å². The molecule has 30 heavy (non-hydrogen) atoms. The average molecular weight is 429 g/mol. The zero-order valence-corrected chi connectivity index (χ0v) is 18.0. The number of carbonyl (C=O) groups is 1. The van der Waals surface area contributed by atoms with E-state index in [-0.39, 0.29) is 24.5 Å². The van der Waals surface area contributed by atoms with E-state index in [2.05, 4.69) is 11.8 Å². The third kappa shape index (κ3) is 7.81. The van der Waals surface area contributed by atoms with Gasteiger partial charge in [-0.2, -0.15) is 0 Å². The number of halogens is 2. The number of unbranched alkanes of at least 4 members (excludes halogenated alkanes) is 1. The first-order valence-corrected chi connectivity index (χ1v) is 10.8. The number of rotatable bonds is 11. The van der Waals surface area contributed by atoms with Crippen LogP contribution in [0.15, 0.2) is 18.2 Å². The summed E-state index contributed by atoms with van der Waals surface area (Å²) in [5.74, 6) is -1.88. The van der Waals surface area contributed by atoms with Crippen molar-refractivity contribution >= 4 is 6.09 Å². The summed E-state index contributed by atoms with van der Waals surface area (Å²) < 4.78 is 37.7. The van der Waals surface area contributed by atoms with Gasteiger partial charge in [-0.25, -0.2) is 13.6 Å². The molecular formula is C22H34F2N2O4. The van der Waals surface area contributed by atoms with Crippen LogP contribution in [0.2, 0.25) is 0 Å². The average Bonchev–Trinajstić information content (AvgIpc) is 2.74. The van der Waals surface area contributed by atoms with Gasteiger partial charge >= 0.3 is 6.09 Å². The third-order valence-corrected chi connectivity index (χ3v) is 5.66. The van der Waals surface area contributed by atoms with Crippen molar-refractivity contribution in [3.05, 3.63) is 29.8 Å². The molecule has 1 saturated carbocycles. The molecule has 0 radical (unpaired) electrons. The molecule has 0 heterocycles. The highest BCUT2D eigenvalue weighted by Crippen LogP contribution is 2.26. The fourth-order valence-electron chi connectivity index (χ4n) is 3.73. The van der Waals surface area contributed by atoms with Gasteiger partial charge < -0.3 is 24.4 Å². The van der Waals surface area contributed by atoms with E-state index in [0.29, 0.717) is 19.2 Å². The van der Waals surface area contributed by atoms with Crippen molar-refractivity contribution in [2.75, 3.05) is 39.9 Å². The Morgan fingerprint density at radius 1 is 1.17 bits per heavy atom. The Balaban J connectivity index is 1.65. The molecule has 0 spiro atoms. The van der Waals surface area contributed by atoms with Crippen LogP contribution in [0.3, 0.4) is 0 Å². The maximum Gasteiger partial charge on any atom is 0.415 e. The van der Waals surface area contributed by atoms with Crippen molar-refractivity contribution in [1.82, 2.24) is 9.80 Å². The van der Waals surface area contributed by atoms with Crippen LogP contribution in [0.25, 0.3) is 0 Å². The molecule has 1 aromatic rings. The Kier molecular flexibility index (Phi) is 10.5. The van der Waals surface area contributed by atoms with E-state index in [4.69, 9.17) is 14.6 Å². The largest absolute Gasteiger partial charge is 0.415 e. The van der Waals surface area contributed by atoms with Gasteiger partial charge in [-0.15, -0.1) is 0 Å². The monoisotopic (exact) mass is 428 g/mol. The molecular weight excluding hydrogens is 394 g/mol. The van der Waals surface area contributed by atoms with Crippen molar-refractivity contribution in [1.29, 1.82) is 0 Å². The lowest BCUT2D eigenvalue weighted by atomic mass is 9.92.